The van der Waals surface area contributed by atoms with E-state index in [0.29, 0.717) is 0 Å². The van der Waals surface area contributed by atoms with Gasteiger partial charge in [-0.1, -0.05) is 23.3 Å². The van der Waals surface area contributed by atoms with Crippen LogP contribution in [-0.4, -0.2) is 16.2 Å². The van der Waals surface area contributed by atoms with Crippen molar-refractivity contribution in [3.05, 3.63) is 30.1 Å². The maximum Gasteiger partial charge on any atom is 0.358 e. The quantitative estimate of drug-likeness (QED) is 0.706. The van der Waals surface area contributed by atoms with Crippen molar-refractivity contribution in [2.45, 2.75) is 0 Å². The number of halogens is 1. The van der Waals surface area contributed by atoms with Crippen molar-refractivity contribution in [3.8, 4) is 0 Å². The zero-order chi connectivity index (χ0) is 8.69. The summed E-state index contributed by atoms with van der Waals surface area (Å²) in [6, 6.07) is 1.28. The molecular weight excluding hydrogens is 170 g/mol. The number of carboxylic acids is 1. The van der Waals surface area contributed by atoms with Crippen LogP contribution >= 0.6 is 11.6 Å². The van der Waals surface area contributed by atoms with Crippen LogP contribution in [0.1, 0.15) is 10.5 Å². The molecule has 0 amide bonds. The lowest BCUT2D eigenvalue weighted by Crippen LogP contribution is -1.94. The Morgan fingerprint density at radius 3 is 2.64 bits per heavy atom. The molecule has 5 heteroatoms. The first-order chi connectivity index (χ1) is 5.22. The fourth-order valence-electron chi connectivity index (χ4n) is 0.323. The van der Waals surface area contributed by atoms with Crippen LogP contribution in [-0.2, 0) is 0 Å². The summed E-state index contributed by atoms with van der Waals surface area (Å²) in [6.45, 7) is 3.13. The van der Waals surface area contributed by atoms with E-state index in [1.54, 1.807) is 0 Å². The summed E-state index contributed by atoms with van der Waals surface area (Å²) in [5.74, 6) is -1.07. The monoisotopic (exact) mass is 175 g/mol. The van der Waals surface area contributed by atoms with Crippen LogP contribution in [0.3, 0.4) is 0 Å². The Bertz CT molecular complexity index is 220. The second-order valence-corrected chi connectivity index (χ2v) is 1.65. The van der Waals surface area contributed by atoms with Gasteiger partial charge >= 0.3 is 5.97 Å². The molecule has 0 aromatic carbocycles. The van der Waals surface area contributed by atoms with Crippen LogP contribution in [0.15, 0.2) is 29.0 Å². The van der Waals surface area contributed by atoms with E-state index in [4.69, 9.17) is 16.7 Å². The molecule has 0 fully saturated rings. The van der Waals surface area contributed by atoms with Gasteiger partial charge in [-0.3, -0.25) is 0 Å². The van der Waals surface area contributed by atoms with Gasteiger partial charge in [0.25, 0.3) is 0 Å². The normalized spacial score (nSPS) is 7.73. The summed E-state index contributed by atoms with van der Waals surface area (Å²) in [5.41, 5.74) is 1.16. The number of rotatable bonds is 1. The fraction of sp³-hybridized carbons (Fsp3) is 0. The van der Waals surface area contributed by atoms with E-state index in [1.165, 1.54) is 17.9 Å². The summed E-state index contributed by atoms with van der Waals surface area (Å²) < 4.78 is 4.24. The van der Waals surface area contributed by atoms with E-state index < -0.39 is 5.97 Å². The molecule has 1 N–H and O–H groups in total. The molecule has 0 aliphatic rings. The Hall–Kier alpha value is -1.29. The maximum atomic E-state index is 9.94. The fourth-order valence-corrected chi connectivity index (χ4v) is 0.323. The first-order valence-electron chi connectivity index (χ1n) is 2.57. The molecule has 0 atom stereocenters. The lowest BCUT2D eigenvalue weighted by molar-refractivity contribution is 0.0685. The van der Waals surface area contributed by atoms with Crippen molar-refractivity contribution >= 4 is 17.6 Å². The standard InChI is InChI=1S/C4H3NO3.C2H3Cl/c6-4(7)3-1-2-8-5-3;1-2-3/h1-2H,(H,6,7);2H,1H2. The molecule has 0 radical (unpaired) electrons. The van der Waals surface area contributed by atoms with Gasteiger partial charge in [0.05, 0.1) is 0 Å². The van der Waals surface area contributed by atoms with Gasteiger partial charge in [-0.15, -0.1) is 0 Å². The molecule has 0 saturated carbocycles. The van der Waals surface area contributed by atoms with Crippen LogP contribution in [0.2, 0.25) is 0 Å². The second kappa shape index (κ2) is 5.49. The van der Waals surface area contributed by atoms with Gasteiger partial charge in [0.15, 0.2) is 5.69 Å². The highest BCUT2D eigenvalue weighted by Gasteiger charge is 2.02. The predicted octanol–water partition coefficient (Wildman–Crippen LogP) is 1.74. The number of aromatic carboxylic acids is 1. The Balaban J connectivity index is 0.000000292. The largest absolute Gasteiger partial charge is 0.476 e. The van der Waals surface area contributed by atoms with Crippen LogP contribution in [0.25, 0.3) is 0 Å². The van der Waals surface area contributed by atoms with Gasteiger partial charge in [0, 0.05) is 6.07 Å². The molecule has 0 aliphatic heterocycles. The van der Waals surface area contributed by atoms with Crippen molar-refractivity contribution in [2.75, 3.05) is 0 Å². The summed E-state index contributed by atoms with van der Waals surface area (Å²) in [5, 5.41) is 11.3. The van der Waals surface area contributed by atoms with Gasteiger partial charge in [0.2, 0.25) is 0 Å². The van der Waals surface area contributed by atoms with Gasteiger partial charge in [-0.25, -0.2) is 4.79 Å². The number of hydrogen-bond donors (Lipinski definition) is 1. The highest BCUT2D eigenvalue weighted by molar-refractivity contribution is 6.25. The van der Waals surface area contributed by atoms with Crippen LogP contribution < -0.4 is 0 Å². The molecular formula is C6H6ClNO3. The third kappa shape index (κ3) is 4.16. The zero-order valence-corrected chi connectivity index (χ0v) is 6.28. The van der Waals surface area contributed by atoms with Crippen LogP contribution in [0.5, 0.6) is 0 Å². The minimum Gasteiger partial charge on any atom is -0.476 e. The van der Waals surface area contributed by atoms with Gasteiger partial charge in [-0.05, 0) is 5.54 Å². The molecule has 0 unspecified atom stereocenters. The Labute approximate surface area is 68.1 Å². The lowest BCUT2D eigenvalue weighted by Gasteiger charge is -1.75. The first-order valence-corrected chi connectivity index (χ1v) is 3.00. The number of carbonyl (C=O) groups is 1. The molecule has 1 heterocycles. The van der Waals surface area contributed by atoms with Crippen molar-refractivity contribution in [1.29, 1.82) is 0 Å². The van der Waals surface area contributed by atoms with Crippen molar-refractivity contribution in [1.82, 2.24) is 5.16 Å². The SMILES string of the molecule is C=CCl.O=C(O)c1ccon1. The van der Waals surface area contributed by atoms with E-state index in [0.717, 1.165) is 0 Å². The van der Waals surface area contributed by atoms with Gasteiger partial charge in [-0.2, -0.15) is 0 Å². The molecule has 0 saturated heterocycles. The van der Waals surface area contributed by atoms with E-state index in [2.05, 4.69) is 16.3 Å². The number of aromatic nitrogens is 1. The summed E-state index contributed by atoms with van der Waals surface area (Å²) in [7, 11) is 0. The van der Waals surface area contributed by atoms with Crippen molar-refractivity contribution in [3.63, 3.8) is 0 Å². The third-order valence-electron chi connectivity index (χ3n) is 0.657. The molecule has 1 aromatic heterocycles. The van der Waals surface area contributed by atoms with E-state index in [9.17, 15) is 4.79 Å². The topological polar surface area (TPSA) is 63.3 Å². The van der Waals surface area contributed by atoms with E-state index in [1.807, 2.05) is 0 Å². The van der Waals surface area contributed by atoms with Crippen LogP contribution in [0.4, 0.5) is 0 Å². The predicted molar refractivity (Wildman–Crippen MR) is 39.5 cm³/mol. The van der Waals surface area contributed by atoms with Crippen molar-refractivity contribution < 1.29 is 14.4 Å². The van der Waals surface area contributed by atoms with Crippen molar-refractivity contribution in [2.24, 2.45) is 0 Å². The second-order valence-electron chi connectivity index (χ2n) is 1.34. The average molecular weight is 176 g/mol. The Morgan fingerprint density at radius 1 is 1.91 bits per heavy atom. The number of nitrogens with zero attached hydrogens (tertiary/aromatic N) is 1. The lowest BCUT2D eigenvalue weighted by atomic mass is 10.5. The molecule has 60 valence electrons. The molecule has 11 heavy (non-hydrogen) atoms. The van der Waals surface area contributed by atoms with E-state index >= 15 is 0 Å². The molecule has 1 aromatic rings. The zero-order valence-electron chi connectivity index (χ0n) is 5.53. The molecule has 0 bridgehead atoms. The van der Waals surface area contributed by atoms with Gasteiger partial charge in [0.1, 0.15) is 6.26 Å². The molecule has 0 spiro atoms. The average Bonchev–Trinajstić information content (AvgIpc) is 2.38. The minimum atomic E-state index is -1.07. The highest BCUT2D eigenvalue weighted by atomic mass is 35.5. The smallest absolute Gasteiger partial charge is 0.358 e. The Morgan fingerprint density at radius 2 is 2.45 bits per heavy atom. The number of carboxylic acid groups (broad SMARTS) is 1. The molecule has 0 aliphatic carbocycles. The summed E-state index contributed by atoms with van der Waals surface area (Å²) in [6.07, 6.45) is 1.21. The molecule has 1 rings (SSSR count). The van der Waals surface area contributed by atoms with Crippen LogP contribution in [0, 0.1) is 0 Å². The maximum absolute atomic E-state index is 9.94. The molecule has 4 nitrogen and oxygen atoms in total. The van der Waals surface area contributed by atoms with Gasteiger partial charge < -0.3 is 9.63 Å². The Kier molecular flexibility index (Phi) is 4.85. The first kappa shape index (κ1) is 9.71. The third-order valence-corrected chi connectivity index (χ3v) is 0.657. The summed E-state index contributed by atoms with van der Waals surface area (Å²) in [4.78, 5) is 9.94. The van der Waals surface area contributed by atoms with E-state index in [-0.39, 0.29) is 5.69 Å². The number of hydrogen-bond acceptors (Lipinski definition) is 3. The highest BCUT2D eigenvalue weighted by Crippen LogP contribution is 1.91. The summed E-state index contributed by atoms with van der Waals surface area (Å²) >= 11 is 4.76. The minimum absolute atomic E-state index is 0.0648.